The average Bonchev–Trinajstić information content (AvgIpc) is 3.10. The van der Waals surface area contributed by atoms with Crippen molar-refractivity contribution in [3.63, 3.8) is 0 Å². The van der Waals surface area contributed by atoms with Crippen molar-refractivity contribution in [3.8, 4) is 0 Å². The number of imidazole rings is 1. The summed E-state index contributed by atoms with van der Waals surface area (Å²) < 4.78 is 6.91. The molecule has 2 aromatic heterocycles. The van der Waals surface area contributed by atoms with Crippen LogP contribution in [0.4, 0.5) is 0 Å². The fraction of sp³-hybridized carbons (Fsp3) is 0.529. The summed E-state index contributed by atoms with van der Waals surface area (Å²) in [4.78, 5) is 30.5. The Hall–Kier alpha value is -2.64. The Morgan fingerprint density at radius 1 is 1.40 bits per heavy atom. The highest BCUT2D eigenvalue weighted by Crippen LogP contribution is 2.19. The third kappa shape index (κ3) is 3.89. The van der Waals surface area contributed by atoms with Crippen molar-refractivity contribution in [1.29, 1.82) is 0 Å². The lowest BCUT2D eigenvalue weighted by molar-refractivity contribution is -0.131. The van der Waals surface area contributed by atoms with Crippen LogP contribution in [0.15, 0.2) is 17.0 Å². The molecule has 0 aromatic carbocycles. The van der Waals surface area contributed by atoms with Gasteiger partial charge in [0, 0.05) is 37.8 Å². The maximum absolute atomic E-state index is 12.4. The number of hydrogen-bond donors (Lipinski definition) is 1. The summed E-state index contributed by atoms with van der Waals surface area (Å²) in [6, 6.07) is -0.0341. The molecule has 8 heteroatoms. The Kier molecular flexibility index (Phi) is 4.87. The van der Waals surface area contributed by atoms with Gasteiger partial charge in [0.1, 0.15) is 11.5 Å². The second-order valence-electron chi connectivity index (χ2n) is 6.54. The minimum atomic E-state index is -0.197. The molecule has 1 atom stereocenters. The molecule has 8 nitrogen and oxygen atoms in total. The van der Waals surface area contributed by atoms with Gasteiger partial charge in [-0.25, -0.2) is 4.98 Å². The highest BCUT2D eigenvalue weighted by atomic mass is 16.5. The Labute approximate surface area is 146 Å². The molecule has 1 aliphatic heterocycles. The highest BCUT2D eigenvalue weighted by molar-refractivity contribution is 5.92. The van der Waals surface area contributed by atoms with E-state index in [1.165, 1.54) is 0 Å². The zero-order valence-corrected chi connectivity index (χ0v) is 14.8. The molecule has 1 saturated heterocycles. The monoisotopic (exact) mass is 345 g/mol. The van der Waals surface area contributed by atoms with Gasteiger partial charge in [-0.15, -0.1) is 0 Å². The lowest BCUT2D eigenvalue weighted by Crippen LogP contribution is -2.36. The number of carbonyl (C=O) groups excluding carboxylic acids is 2. The van der Waals surface area contributed by atoms with Crippen molar-refractivity contribution in [2.24, 2.45) is 7.05 Å². The molecule has 3 rings (SSSR count). The number of nitrogens with zero attached hydrogens (tertiary/aromatic N) is 4. The number of carbonyl (C=O) groups is 2. The second kappa shape index (κ2) is 7.08. The molecule has 0 spiro atoms. The third-order valence-corrected chi connectivity index (χ3v) is 4.61. The maximum Gasteiger partial charge on any atom is 0.271 e. The molecule has 25 heavy (non-hydrogen) atoms. The molecule has 2 amide bonds. The van der Waals surface area contributed by atoms with Crippen LogP contribution in [-0.4, -0.2) is 44.0 Å². The summed E-state index contributed by atoms with van der Waals surface area (Å²) in [5.74, 6) is 0.640. The molecule has 0 bridgehead atoms. The SMILES string of the molecule is Cc1noc(C)c1CN1CCC(NC(=O)c2cn(C)cn2)CCC1=O. The molecule has 1 N–H and O–H groups in total. The molecule has 0 aliphatic carbocycles. The van der Waals surface area contributed by atoms with Gasteiger partial charge in [-0.1, -0.05) is 5.16 Å². The molecule has 0 saturated carbocycles. The van der Waals surface area contributed by atoms with Gasteiger partial charge in [-0.05, 0) is 26.7 Å². The van der Waals surface area contributed by atoms with Crippen LogP contribution in [0.5, 0.6) is 0 Å². The highest BCUT2D eigenvalue weighted by Gasteiger charge is 2.25. The van der Waals surface area contributed by atoms with E-state index in [1.807, 2.05) is 25.8 Å². The molecule has 0 radical (unpaired) electrons. The molecule has 2 aromatic rings. The van der Waals surface area contributed by atoms with Gasteiger partial charge in [0.2, 0.25) is 5.91 Å². The van der Waals surface area contributed by atoms with Gasteiger partial charge in [0.05, 0.1) is 18.6 Å². The van der Waals surface area contributed by atoms with Crippen molar-refractivity contribution in [3.05, 3.63) is 35.2 Å². The Morgan fingerprint density at radius 3 is 2.84 bits per heavy atom. The van der Waals surface area contributed by atoms with E-state index in [0.717, 1.165) is 17.0 Å². The molecule has 1 fully saturated rings. The van der Waals surface area contributed by atoms with E-state index in [-0.39, 0.29) is 17.9 Å². The van der Waals surface area contributed by atoms with Crippen LogP contribution in [0.3, 0.4) is 0 Å². The molecular formula is C17H23N5O3. The van der Waals surface area contributed by atoms with Crippen molar-refractivity contribution >= 4 is 11.8 Å². The summed E-state index contributed by atoms with van der Waals surface area (Å²) in [6.07, 6.45) is 5.04. The lowest BCUT2D eigenvalue weighted by atomic mass is 10.1. The Balaban J connectivity index is 1.61. The first-order valence-electron chi connectivity index (χ1n) is 8.42. The van der Waals surface area contributed by atoms with Gasteiger partial charge in [0.25, 0.3) is 5.91 Å². The van der Waals surface area contributed by atoms with Crippen molar-refractivity contribution in [1.82, 2.24) is 24.9 Å². The predicted molar refractivity (Wildman–Crippen MR) is 89.7 cm³/mol. The van der Waals surface area contributed by atoms with Crippen LogP contribution >= 0.6 is 0 Å². The summed E-state index contributed by atoms with van der Waals surface area (Å²) >= 11 is 0. The maximum atomic E-state index is 12.4. The Morgan fingerprint density at radius 2 is 2.20 bits per heavy atom. The van der Waals surface area contributed by atoms with Crippen molar-refractivity contribution in [2.45, 2.75) is 45.7 Å². The van der Waals surface area contributed by atoms with Gasteiger partial charge in [-0.2, -0.15) is 0 Å². The number of amides is 2. The average molecular weight is 345 g/mol. The summed E-state index contributed by atoms with van der Waals surface area (Å²) in [7, 11) is 1.82. The van der Waals surface area contributed by atoms with E-state index in [2.05, 4.69) is 15.5 Å². The zero-order chi connectivity index (χ0) is 18.0. The first-order chi connectivity index (χ1) is 11.9. The normalized spacial score (nSPS) is 18.3. The third-order valence-electron chi connectivity index (χ3n) is 4.61. The number of rotatable bonds is 4. The van der Waals surface area contributed by atoms with E-state index in [9.17, 15) is 9.59 Å². The number of aryl methyl sites for hydroxylation is 3. The lowest BCUT2D eigenvalue weighted by Gasteiger charge is -2.21. The van der Waals surface area contributed by atoms with Gasteiger partial charge < -0.3 is 19.3 Å². The van der Waals surface area contributed by atoms with E-state index in [0.29, 0.717) is 38.0 Å². The summed E-state index contributed by atoms with van der Waals surface area (Å²) in [5.41, 5.74) is 2.17. The minimum absolute atomic E-state index is 0.0341. The van der Waals surface area contributed by atoms with Crippen LogP contribution in [0.1, 0.15) is 46.8 Å². The number of likely N-dealkylation sites (tertiary alicyclic amines) is 1. The van der Waals surface area contributed by atoms with E-state index >= 15 is 0 Å². The quantitative estimate of drug-likeness (QED) is 0.902. The molecule has 1 unspecified atom stereocenters. The van der Waals surface area contributed by atoms with Crippen molar-refractivity contribution in [2.75, 3.05) is 6.54 Å². The van der Waals surface area contributed by atoms with Crippen LogP contribution in [-0.2, 0) is 18.4 Å². The molecule has 134 valence electrons. The fourth-order valence-corrected chi connectivity index (χ4v) is 3.06. The minimum Gasteiger partial charge on any atom is -0.361 e. The summed E-state index contributed by atoms with van der Waals surface area (Å²) in [5, 5.41) is 6.93. The van der Waals surface area contributed by atoms with Crippen LogP contribution in [0.2, 0.25) is 0 Å². The zero-order valence-electron chi connectivity index (χ0n) is 14.8. The molecule has 3 heterocycles. The van der Waals surface area contributed by atoms with E-state index in [4.69, 9.17) is 4.52 Å². The molecular weight excluding hydrogens is 322 g/mol. The van der Waals surface area contributed by atoms with Gasteiger partial charge in [0.15, 0.2) is 0 Å². The molecule has 1 aliphatic rings. The van der Waals surface area contributed by atoms with Crippen LogP contribution in [0, 0.1) is 13.8 Å². The van der Waals surface area contributed by atoms with Gasteiger partial charge >= 0.3 is 0 Å². The van der Waals surface area contributed by atoms with Crippen LogP contribution < -0.4 is 5.32 Å². The van der Waals surface area contributed by atoms with E-state index < -0.39 is 0 Å². The number of aromatic nitrogens is 3. The van der Waals surface area contributed by atoms with E-state index in [1.54, 1.807) is 17.1 Å². The van der Waals surface area contributed by atoms with Crippen molar-refractivity contribution < 1.29 is 14.1 Å². The number of hydrogen-bond acceptors (Lipinski definition) is 5. The first-order valence-corrected chi connectivity index (χ1v) is 8.42. The Bertz CT molecular complexity index is 760. The fourth-order valence-electron chi connectivity index (χ4n) is 3.06. The predicted octanol–water partition coefficient (Wildman–Crippen LogP) is 1.34. The largest absolute Gasteiger partial charge is 0.361 e. The number of nitrogens with one attached hydrogen (secondary N) is 1. The summed E-state index contributed by atoms with van der Waals surface area (Å²) in [6.45, 7) is 4.83. The van der Waals surface area contributed by atoms with Crippen LogP contribution in [0.25, 0.3) is 0 Å². The standard InChI is InChI=1S/C17H23N5O3/c1-11-14(12(2)25-20-11)8-22-7-6-13(4-5-16(22)23)19-17(24)15-9-21(3)10-18-15/h9-10,13H,4-8H2,1-3H3,(H,19,24). The first kappa shape index (κ1) is 17.2. The smallest absolute Gasteiger partial charge is 0.271 e. The second-order valence-corrected chi connectivity index (χ2v) is 6.54. The topological polar surface area (TPSA) is 93.3 Å². The van der Waals surface area contributed by atoms with Gasteiger partial charge in [-0.3, -0.25) is 9.59 Å².